The molecule has 4 rings (SSSR count). The number of ether oxygens (including phenoxy) is 2. The van der Waals surface area contributed by atoms with Crippen LogP contribution in [-0.4, -0.2) is 0 Å². The Hall–Kier alpha value is -3.14. The van der Waals surface area contributed by atoms with Gasteiger partial charge >= 0.3 is 0 Å². The van der Waals surface area contributed by atoms with Crippen LogP contribution in [-0.2, 0) is 0 Å². The normalized spacial score (nSPS) is 13.4. The van der Waals surface area contributed by atoms with Crippen molar-refractivity contribution in [3.63, 3.8) is 0 Å². The van der Waals surface area contributed by atoms with Crippen LogP contribution in [0.5, 0.6) is 23.0 Å². The molecule has 0 spiro atoms. The van der Waals surface area contributed by atoms with E-state index in [1.807, 2.05) is 54.6 Å². The summed E-state index contributed by atoms with van der Waals surface area (Å²) in [5, 5.41) is 0. The number of anilines is 2. The van der Waals surface area contributed by atoms with Crippen molar-refractivity contribution in [1.29, 1.82) is 0 Å². The van der Waals surface area contributed by atoms with Gasteiger partial charge in [0.2, 0.25) is 0 Å². The van der Waals surface area contributed by atoms with E-state index in [1.54, 1.807) is 0 Å². The molecule has 4 N–H and O–H groups in total. The summed E-state index contributed by atoms with van der Waals surface area (Å²) in [6.45, 7) is 0. The lowest BCUT2D eigenvalue weighted by Gasteiger charge is -2.12. The van der Waals surface area contributed by atoms with Gasteiger partial charge in [-0.2, -0.15) is 0 Å². The molecule has 0 aromatic heterocycles. The molecule has 126 valence electrons. The lowest BCUT2D eigenvalue weighted by Crippen LogP contribution is -1.91. The second-order valence-electron chi connectivity index (χ2n) is 6.35. The molecule has 4 heteroatoms. The number of hydrogen-bond acceptors (Lipinski definition) is 4. The van der Waals surface area contributed by atoms with Crippen LogP contribution in [0.1, 0.15) is 24.3 Å². The number of nitrogens with two attached hydrogens (primary N) is 2. The Bertz CT molecular complexity index is 804. The lowest BCUT2D eigenvalue weighted by molar-refractivity contribution is 0.459. The number of hydrogen-bond donors (Lipinski definition) is 2. The Morgan fingerprint density at radius 3 is 1.44 bits per heavy atom. The summed E-state index contributed by atoms with van der Waals surface area (Å²) >= 11 is 0. The van der Waals surface area contributed by atoms with Gasteiger partial charge in [0, 0.05) is 17.4 Å². The van der Waals surface area contributed by atoms with Crippen LogP contribution < -0.4 is 20.9 Å². The number of rotatable bonds is 5. The van der Waals surface area contributed by atoms with Crippen LogP contribution in [0, 0.1) is 0 Å². The highest BCUT2D eigenvalue weighted by Gasteiger charge is 2.25. The summed E-state index contributed by atoms with van der Waals surface area (Å²) in [6.07, 6.45) is 2.43. The minimum Gasteiger partial charge on any atom is -0.457 e. The van der Waals surface area contributed by atoms with Crippen molar-refractivity contribution in [2.45, 2.75) is 18.8 Å². The van der Waals surface area contributed by atoms with Crippen molar-refractivity contribution in [3.05, 3.63) is 72.3 Å². The molecule has 0 atom stereocenters. The molecule has 4 nitrogen and oxygen atoms in total. The molecule has 0 unspecified atom stereocenters. The van der Waals surface area contributed by atoms with E-state index in [4.69, 9.17) is 20.9 Å². The average molecular weight is 332 g/mol. The third-order valence-corrected chi connectivity index (χ3v) is 4.18. The Morgan fingerprint density at radius 2 is 1.04 bits per heavy atom. The maximum atomic E-state index is 5.99. The molecular formula is C21H20N2O2. The third-order valence-electron chi connectivity index (χ3n) is 4.18. The molecule has 1 aliphatic rings. The second kappa shape index (κ2) is 6.40. The number of nitrogen functional groups attached to an aromatic ring is 2. The predicted octanol–water partition coefficient (Wildman–Crippen LogP) is 5.31. The first-order valence-electron chi connectivity index (χ1n) is 8.37. The molecule has 0 heterocycles. The fourth-order valence-corrected chi connectivity index (χ4v) is 2.71. The molecule has 1 aliphatic carbocycles. The standard InChI is InChI=1S/C21H20N2O2/c22-16-3-7-18(8-4-16)24-20-11-15(14-1-2-14)12-21(13-20)25-19-9-5-17(23)6-10-19/h3-14H,1-2,22-23H2. The van der Waals surface area contributed by atoms with E-state index >= 15 is 0 Å². The number of benzene rings is 3. The van der Waals surface area contributed by atoms with E-state index in [0.717, 1.165) is 23.0 Å². The largest absolute Gasteiger partial charge is 0.457 e. The minimum absolute atomic E-state index is 0.601. The van der Waals surface area contributed by atoms with Crippen molar-refractivity contribution < 1.29 is 9.47 Å². The van der Waals surface area contributed by atoms with Crippen LogP contribution in [0.2, 0.25) is 0 Å². The van der Waals surface area contributed by atoms with Crippen LogP contribution in [0.25, 0.3) is 0 Å². The highest BCUT2D eigenvalue weighted by atomic mass is 16.5. The van der Waals surface area contributed by atoms with Crippen LogP contribution in [0.3, 0.4) is 0 Å². The quantitative estimate of drug-likeness (QED) is 0.621. The van der Waals surface area contributed by atoms with E-state index in [2.05, 4.69) is 12.1 Å². The highest BCUT2D eigenvalue weighted by molar-refractivity contribution is 5.48. The van der Waals surface area contributed by atoms with E-state index in [1.165, 1.54) is 18.4 Å². The SMILES string of the molecule is Nc1ccc(Oc2cc(Oc3ccc(N)cc3)cc(C3CC3)c2)cc1. The second-order valence-corrected chi connectivity index (χ2v) is 6.35. The summed E-state index contributed by atoms with van der Waals surface area (Å²) in [5.74, 6) is 3.63. The zero-order valence-corrected chi connectivity index (χ0v) is 13.8. The van der Waals surface area contributed by atoms with E-state index in [0.29, 0.717) is 17.3 Å². The Labute approximate surface area is 147 Å². The van der Waals surface area contributed by atoms with Gasteiger partial charge in [0.15, 0.2) is 0 Å². The van der Waals surface area contributed by atoms with Gasteiger partial charge < -0.3 is 20.9 Å². The summed E-state index contributed by atoms with van der Waals surface area (Å²) in [7, 11) is 0. The Kier molecular flexibility index (Phi) is 3.94. The van der Waals surface area contributed by atoms with Gasteiger partial charge in [-0.15, -0.1) is 0 Å². The fraction of sp³-hybridized carbons (Fsp3) is 0.143. The smallest absolute Gasteiger partial charge is 0.131 e. The summed E-state index contributed by atoms with van der Waals surface area (Å²) < 4.78 is 12.0. The first-order chi connectivity index (χ1) is 12.2. The molecule has 0 radical (unpaired) electrons. The van der Waals surface area contributed by atoms with Gasteiger partial charge in [0.05, 0.1) is 0 Å². The monoisotopic (exact) mass is 332 g/mol. The lowest BCUT2D eigenvalue weighted by atomic mass is 10.1. The van der Waals surface area contributed by atoms with Crippen molar-refractivity contribution >= 4 is 11.4 Å². The van der Waals surface area contributed by atoms with Gasteiger partial charge in [-0.25, -0.2) is 0 Å². The molecule has 0 amide bonds. The maximum absolute atomic E-state index is 5.99. The molecule has 1 saturated carbocycles. The zero-order valence-electron chi connectivity index (χ0n) is 13.8. The summed E-state index contributed by atoms with van der Waals surface area (Å²) in [4.78, 5) is 0. The molecule has 3 aromatic rings. The average Bonchev–Trinajstić information content (AvgIpc) is 3.44. The van der Waals surface area contributed by atoms with Crippen LogP contribution in [0.4, 0.5) is 11.4 Å². The van der Waals surface area contributed by atoms with E-state index in [-0.39, 0.29) is 0 Å². The van der Waals surface area contributed by atoms with Crippen molar-refractivity contribution in [1.82, 2.24) is 0 Å². The molecular weight excluding hydrogens is 312 g/mol. The Balaban J connectivity index is 1.61. The molecule has 0 saturated heterocycles. The van der Waals surface area contributed by atoms with Crippen LogP contribution in [0.15, 0.2) is 66.7 Å². The first-order valence-corrected chi connectivity index (χ1v) is 8.37. The molecule has 25 heavy (non-hydrogen) atoms. The van der Waals surface area contributed by atoms with Gasteiger partial charge in [0.1, 0.15) is 23.0 Å². The van der Waals surface area contributed by atoms with Gasteiger partial charge in [-0.05, 0) is 85.0 Å². The van der Waals surface area contributed by atoms with Gasteiger partial charge in [-0.3, -0.25) is 0 Å². The van der Waals surface area contributed by atoms with E-state index < -0.39 is 0 Å². The summed E-state index contributed by atoms with van der Waals surface area (Å²) in [5.41, 5.74) is 14.1. The predicted molar refractivity (Wildman–Crippen MR) is 100 cm³/mol. The molecule has 1 fully saturated rings. The van der Waals surface area contributed by atoms with Crippen molar-refractivity contribution in [2.75, 3.05) is 11.5 Å². The highest BCUT2D eigenvalue weighted by Crippen LogP contribution is 2.43. The third kappa shape index (κ3) is 3.86. The molecule has 0 bridgehead atoms. The zero-order chi connectivity index (χ0) is 17.2. The van der Waals surface area contributed by atoms with Crippen molar-refractivity contribution in [2.24, 2.45) is 0 Å². The topological polar surface area (TPSA) is 70.5 Å². The van der Waals surface area contributed by atoms with E-state index in [9.17, 15) is 0 Å². The van der Waals surface area contributed by atoms with Crippen LogP contribution >= 0.6 is 0 Å². The molecule has 3 aromatic carbocycles. The van der Waals surface area contributed by atoms with Gasteiger partial charge in [-0.1, -0.05) is 0 Å². The maximum Gasteiger partial charge on any atom is 0.131 e. The molecule has 0 aliphatic heterocycles. The Morgan fingerprint density at radius 1 is 0.600 bits per heavy atom. The van der Waals surface area contributed by atoms with Crippen molar-refractivity contribution in [3.8, 4) is 23.0 Å². The first kappa shape index (κ1) is 15.4. The minimum atomic E-state index is 0.601. The van der Waals surface area contributed by atoms with Gasteiger partial charge in [0.25, 0.3) is 0 Å². The fourth-order valence-electron chi connectivity index (χ4n) is 2.71. The summed E-state index contributed by atoms with van der Waals surface area (Å²) in [6, 6.07) is 20.8.